The van der Waals surface area contributed by atoms with Crippen molar-refractivity contribution < 1.29 is 14.6 Å². The zero-order valence-corrected chi connectivity index (χ0v) is 10.9. The second kappa shape index (κ2) is 4.75. The van der Waals surface area contributed by atoms with E-state index in [9.17, 15) is 14.7 Å². The van der Waals surface area contributed by atoms with Crippen LogP contribution in [0.5, 0.6) is 5.88 Å². The first-order chi connectivity index (χ1) is 8.95. The van der Waals surface area contributed by atoms with Crippen molar-refractivity contribution in [2.45, 2.75) is 26.7 Å². The fraction of sp³-hybridized carbons (Fsp3) is 0.417. The molecule has 0 radical (unpaired) electrons. The standard InChI is InChI=1S/C12H15N3O4/c1-4-19-12(18)10-9(6(2)3)11-13-7(16)5-8(17)15(11)14-10/h5-6,17H,4H2,1-3H3,(H,13,16). The third-order valence-corrected chi connectivity index (χ3v) is 2.69. The zero-order chi connectivity index (χ0) is 14.2. The Labute approximate surface area is 108 Å². The van der Waals surface area contributed by atoms with Gasteiger partial charge in [0, 0.05) is 5.56 Å². The lowest BCUT2D eigenvalue weighted by Gasteiger charge is -2.05. The number of nitrogens with one attached hydrogen (secondary N) is 1. The van der Waals surface area contributed by atoms with E-state index in [-0.39, 0.29) is 24.1 Å². The van der Waals surface area contributed by atoms with Gasteiger partial charge in [-0.15, -0.1) is 0 Å². The monoisotopic (exact) mass is 265 g/mol. The lowest BCUT2D eigenvalue weighted by molar-refractivity contribution is 0.0517. The molecule has 0 saturated heterocycles. The molecule has 2 N–H and O–H groups in total. The molecular weight excluding hydrogens is 250 g/mol. The maximum absolute atomic E-state index is 11.9. The third kappa shape index (κ3) is 2.18. The van der Waals surface area contributed by atoms with Crippen LogP contribution in [0.25, 0.3) is 5.65 Å². The Balaban J connectivity index is 2.77. The molecule has 0 spiro atoms. The number of ether oxygens (including phenoxy) is 1. The summed E-state index contributed by atoms with van der Waals surface area (Å²) in [6.45, 7) is 5.65. The number of aromatic amines is 1. The van der Waals surface area contributed by atoms with Gasteiger partial charge in [-0.25, -0.2) is 4.79 Å². The Kier molecular flexibility index (Phi) is 3.28. The van der Waals surface area contributed by atoms with Gasteiger partial charge in [-0.1, -0.05) is 13.8 Å². The van der Waals surface area contributed by atoms with Gasteiger partial charge in [0.05, 0.1) is 12.7 Å². The Morgan fingerprint density at radius 3 is 2.84 bits per heavy atom. The van der Waals surface area contributed by atoms with Crippen LogP contribution in [0.4, 0.5) is 0 Å². The van der Waals surface area contributed by atoms with Crippen LogP contribution in [0, 0.1) is 0 Å². The average Bonchev–Trinajstić information content (AvgIpc) is 2.68. The topological polar surface area (TPSA) is 96.7 Å². The number of hydrogen-bond donors (Lipinski definition) is 2. The molecule has 0 unspecified atom stereocenters. The Morgan fingerprint density at radius 2 is 2.26 bits per heavy atom. The number of aromatic hydroxyl groups is 1. The average molecular weight is 265 g/mol. The van der Waals surface area contributed by atoms with Crippen molar-refractivity contribution in [3.63, 3.8) is 0 Å². The van der Waals surface area contributed by atoms with Crippen LogP contribution in [0.2, 0.25) is 0 Å². The van der Waals surface area contributed by atoms with Gasteiger partial charge in [0.15, 0.2) is 5.69 Å². The maximum atomic E-state index is 11.9. The minimum absolute atomic E-state index is 0.0608. The van der Waals surface area contributed by atoms with E-state index in [1.165, 1.54) is 0 Å². The van der Waals surface area contributed by atoms with Crippen molar-refractivity contribution in [3.05, 3.63) is 27.7 Å². The van der Waals surface area contributed by atoms with Gasteiger partial charge in [-0.3, -0.25) is 4.79 Å². The van der Waals surface area contributed by atoms with Gasteiger partial charge in [-0.05, 0) is 12.8 Å². The highest BCUT2D eigenvalue weighted by Gasteiger charge is 2.24. The summed E-state index contributed by atoms with van der Waals surface area (Å²) >= 11 is 0. The highest BCUT2D eigenvalue weighted by molar-refractivity contribution is 5.91. The molecule has 102 valence electrons. The van der Waals surface area contributed by atoms with Crippen LogP contribution in [0.1, 0.15) is 42.7 Å². The quantitative estimate of drug-likeness (QED) is 0.808. The molecular formula is C12H15N3O4. The first-order valence-electron chi connectivity index (χ1n) is 5.97. The van der Waals surface area contributed by atoms with Crippen LogP contribution in [0.15, 0.2) is 10.9 Å². The SMILES string of the molecule is CCOC(=O)c1nn2c(O)cc(=O)[nH]c2c1C(C)C. The minimum Gasteiger partial charge on any atom is -0.493 e. The van der Waals surface area contributed by atoms with Crippen molar-refractivity contribution in [2.24, 2.45) is 0 Å². The van der Waals surface area contributed by atoms with E-state index in [1.54, 1.807) is 6.92 Å². The molecule has 7 heteroatoms. The lowest BCUT2D eigenvalue weighted by atomic mass is 10.0. The number of H-pyrrole nitrogens is 1. The first kappa shape index (κ1) is 13.1. The molecule has 2 heterocycles. The van der Waals surface area contributed by atoms with Gasteiger partial charge >= 0.3 is 5.97 Å². The maximum Gasteiger partial charge on any atom is 0.359 e. The molecule has 0 bridgehead atoms. The number of hydrogen-bond acceptors (Lipinski definition) is 5. The summed E-state index contributed by atoms with van der Waals surface area (Å²) in [4.78, 5) is 25.9. The second-order valence-corrected chi connectivity index (χ2v) is 4.39. The molecule has 2 rings (SSSR count). The summed E-state index contributed by atoms with van der Waals surface area (Å²) in [6.07, 6.45) is 0. The van der Waals surface area contributed by atoms with Gasteiger partial charge in [0.25, 0.3) is 5.56 Å². The van der Waals surface area contributed by atoms with Gasteiger partial charge < -0.3 is 14.8 Å². The van der Waals surface area contributed by atoms with E-state index in [1.807, 2.05) is 13.8 Å². The number of carbonyl (C=O) groups is 1. The summed E-state index contributed by atoms with van der Waals surface area (Å²) in [5.74, 6) is -0.958. The molecule has 0 aliphatic rings. The number of aromatic nitrogens is 3. The second-order valence-electron chi connectivity index (χ2n) is 4.39. The molecule has 0 saturated carbocycles. The lowest BCUT2D eigenvalue weighted by Crippen LogP contribution is -2.09. The summed E-state index contributed by atoms with van der Waals surface area (Å²) < 4.78 is 6.06. The number of carbonyl (C=O) groups excluding carboxylic acids is 1. The highest BCUT2D eigenvalue weighted by Crippen LogP contribution is 2.25. The molecule has 0 aliphatic carbocycles. The van der Waals surface area contributed by atoms with E-state index in [0.29, 0.717) is 11.2 Å². The van der Waals surface area contributed by atoms with E-state index in [4.69, 9.17) is 4.74 Å². The van der Waals surface area contributed by atoms with Crippen LogP contribution < -0.4 is 5.56 Å². The Hall–Kier alpha value is -2.31. The summed E-state index contributed by atoms with van der Waals surface area (Å²) in [7, 11) is 0. The summed E-state index contributed by atoms with van der Waals surface area (Å²) in [6, 6.07) is 0.999. The van der Waals surface area contributed by atoms with Crippen LogP contribution in [0.3, 0.4) is 0 Å². The molecule has 7 nitrogen and oxygen atoms in total. The van der Waals surface area contributed by atoms with Gasteiger partial charge in [0.2, 0.25) is 5.88 Å². The molecule has 2 aromatic heterocycles. The number of fused-ring (bicyclic) bond motifs is 1. The Morgan fingerprint density at radius 1 is 1.58 bits per heavy atom. The molecule has 0 atom stereocenters. The minimum atomic E-state index is -0.574. The summed E-state index contributed by atoms with van der Waals surface area (Å²) in [5, 5.41) is 13.7. The van der Waals surface area contributed by atoms with E-state index < -0.39 is 11.5 Å². The smallest absolute Gasteiger partial charge is 0.359 e. The molecule has 19 heavy (non-hydrogen) atoms. The number of esters is 1. The zero-order valence-electron chi connectivity index (χ0n) is 10.9. The Bertz CT molecular complexity index is 684. The van der Waals surface area contributed by atoms with Crippen LogP contribution in [-0.4, -0.2) is 32.3 Å². The fourth-order valence-electron chi connectivity index (χ4n) is 1.94. The summed E-state index contributed by atoms with van der Waals surface area (Å²) in [5.41, 5.74) is 0.505. The van der Waals surface area contributed by atoms with E-state index in [0.717, 1.165) is 10.6 Å². The normalized spacial score (nSPS) is 11.2. The van der Waals surface area contributed by atoms with Crippen molar-refractivity contribution >= 4 is 11.6 Å². The van der Waals surface area contributed by atoms with Gasteiger partial charge in [-0.2, -0.15) is 9.61 Å². The van der Waals surface area contributed by atoms with Crippen molar-refractivity contribution in [2.75, 3.05) is 6.61 Å². The molecule has 0 amide bonds. The van der Waals surface area contributed by atoms with Crippen molar-refractivity contribution in [1.82, 2.24) is 14.6 Å². The predicted molar refractivity (Wildman–Crippen MR) is 67.5 cm³/mol. The highest BCUT2D eigenvalue weighted by atomic mass is 16.5. The predicted octanol–water partition coefficient (Wildman–Crippen LogP) is 1.03. The van der Waals surface area contributed by atoms with Crippen molar-refractivity contribution in [1.29, 1.82) is 0 Å². The molecule has 2 aromatic rings. The molecule has 0 aliphatic heterocycles. The third-order valence-electron chi connectivity index (χ3n) is 2.69. The van der Waals surface area contributed by atoms with Crippen LogP contribution in [-0.2, 0) is 4.74 Å². The van der Waals surface area contributed by atoms with Crippen LogP contribution >= 0.6 is 0 Å². The largest absolute Gasteiger partial charge is 0.493 e. The number of rotatable bonds is 3. The fourth-order valence-corrected chi connectivity index (χ4v) is 1.94. The van der Waals surface area contributed by atoms with E-state index in [2.05, 4.69) is 10.1 Å². The van der Waals surface area contributed by atoms with Gasteiger partial charge in [0.1, 0.15) is 5.65 Å². The van der Waals surface area contributed by atoms with E-state index >= 15 is 0 Å². The first-order valence-corrected chi connectivity index (χ1v) is 5.97. The number of nitrogens with zero attached hydrogens (tertiary/aromatic N) is 2. The molecule has 0 fully saturated rings. The van der Waals surface area contributed by atoms with Crippen molar-refractivity contribution in [3.8, 4) is 5.88 Å². The molecule has 0 aromatic carbocycles.